The van der Waals surface area contributed by atoms with Crippen molar-refractivity contribution in [3.8, 4) is 0 Å². The highest BCUT2D eigenvalue weighted by Gasteiger charge is 2.32. The van der Waals surface area contributed by atoms with Gasteiger partial charge in [0.1, 0.15) is 0 Å². The van der Waals surface area contributed by atoms with Gasteiger partial charge in [-0.05, 0) is 37.0 Å². The smallest absolute Gasteiger partial charge is 0.312 e. The van der Waals surface area contributed by atoms with Crippen molar-refractivity contribution in [1.82, 2.24) is 4.90 Å². The van der Waals surface area contributed by atoms with Crippen molar-refractivity contribution in [1.29, 1.82) is 0 Å². The molecule has 0 spiro atoms. The highest BCUT2D eigenvalue weighted by Crippen LogP contribution is 2.29. The molecule has 1 aliphatic rings. The fraction of sp³-hybridized carbons (Fsp3) is 0.333. The molecule has 4 nitrogen and oxygen atoms in total. The minimum Gasteiger partial charge on any atom is -0.481 e. The maximum Gasteiger partial charge on any atom is 0.312 e. The molecular formula is C21H23NO3. The number of hydrogen-bond donors (Lipinski definition) is 1. The molecule has 0 aromatic heterocycles. The molecule has 0 aliphatic carbocycles. The van der Waals surface area contributed by atoms with Gasteiger partial charge in [-0.3, -0.25) is 9.59 Å². The highest BCUT2D eigenvalue weighted by atomic mass is 16.4. The molecule has 1 N–H and O–H groups in total. The van der Waals surface area contributed by atoms with Gasteiger partial charge in [0.2, 0.25) is 5.91 Å². The first kappa shape index (κ1) is 17.2. The Labute approximate surface area is 148 Å². The molecule has 25 heavy (non-hydrogen) atoms. The predicted octanol–water partition coefficient (Wildman–Crippen LogP) is 3.45. The van der Waals surface area contributed by atoms with Gasteiger partial charge >= 0.3 is 5.97 Å². The van der Waals surface area contributed by atoms with Gasteiger partial charge in [-0.1, -0.05) is 53.6 Å². The summed E-state index contributed by atoms with van der Waals surface area (Å²) >= 11 is 0. The largest absolute Gasteiger partial charge is 0.481 e. The Morgan fingerprint density at radius 3 is 2.48 bits per heavy atom. The van der Waals surface area contributed by atoms with Crippen LogP contribution < -0.4 is 0 Å². The van der Waals surface area contributed by atoms with E-state index in [0.717, 1.165) is 16.7 Å². The van der Waals surface area contributed by atoms with Crippen molar-refractivity contribution in [2.45, 2.75) is 39.2 Å². The summed E-state index contributed by atoms with van der Waals surface area (Å²) in [7, 11) is 0. The molecule has 1 unspecified atom stereocenters. The molecule has 1 heterocycles. The van der Waals surface area contributed by atoms with Gasteiger partial charge in [-0.2, -0.15) is 0 Å². The van der Waals surface area contributed by atoms with E-state index >= 15 is 0 Å². The Morgan fingerprint density at radius 2 is 1.80 bits per heavy atom. The highest BCUT2D eigenvalue weighted by molar-refractivity contribution is 5.81. The Bertz CT molecular complexity index is 792. The normalized spacial score (nSPS) is 16.4. The number of carbonyl (C=O) groups is 2. The Morgan fingerprint density at radius 1 is 1.12 bits per heavy atom. The predicted molar refractivity (Wildman–Crippen MR) is 96.5 cm³/mol. The van der Waals surface area contributed by atoms with Gasteiger partial charge in [-0.15, -0.1) is 0 Å². The van der Waals surface area contributed by atoms with Crippen LogP contribution in [0.25, 0.3) is 0 Å². The molecular weight excluding hydrogens is 314 g/mol. The van der Waals surface area contributed by atoms with Gasteiger partial charge in [0, 0.05) is 19.5 Å². The number of rotatable bonds is 4. The van der Waals surface area contributed by atoms with Crippen molar-refractivity contribution >= 4 is 11.9 Å². The first-order valence-electron chi connectivity index (χ1n) is 8.59. The Kier molecular flexibility index (Phi) is 4.88. The van der Waals surface area contributed by atoms with Crippen LogP contribution in [0.2, 0.25) is 0 Å². The number of carbonyl (C=O) groups excluding carboxylic acids is 1. The molecule has 0 bridgehead atoms. The topological polar surface area (TPSA) is 57.6 Å². The molecule has 4 heteroatoms. The minimum absolute atomic E-state index is 0.0138. The number of aliphatic carboxylic acids is 1. The van der Waals surface area contributed by atoms with Gasteiger partial charge < -0.3 is 10.0 Å². The fourth-order valence-corrected chi connectivity index (χ4v) is 3.63. The molecule has 0 radical (unpaired) electrons. The lowest BCUT2D eigenvalue weighted by Crippen LogP contribution is -2.40. The zero-order valence-electron chi connectivity index (χ0n) is 14.7. The Balaban J connectivity index is 1.71. The molecule has 1 atom stereocenters. The Hall–Kier alpha value is -2.62. The summed E-state index contributed by atoms with van der Waals surface area (Å²) in [5.74, 6) is -1.51. The molecule has 1 aliphatic heterocycles. The summed E-state index contributed by atoms with van der Waals surface area (Å²) < 4.78 is 0. The van der Waals surface area contributed by atoms with Crippen molar-refractivity contribution in [3.63, 3.8) is 0 Å². The third kappa shape index (κ3) is 3.90. The monoisotopic (exact) mass is 337 g/mol. The van der Waals surface area contributed by atoms with Gasteiger partial charge in [0.05, 0.1) is 5.92 Å². The zero-order chi connectivity index (χ0) is 18.0. The van der Waals surface area contributed by atoms with Crippen molar-refractivity contribution in [2.24, 2.45) is 0 Å². The average molecular weight is 337 g/mol. The SMILES string of the molecule is Cc1cc(C)cc(CCC(=O)N2Cc3ccccc3C(C(=O)O)C2)c1. The maximum absolute atomic E-state index is 12.7. The van der Waals surface area contributed by atoms with E-state index in [1.165, 1.54) is 11.1 Å². The van der Waals surface area contributed by atoms with Crippen molar-refractivity contribution < 1.29 is 14.7 Å². The van der Waals surface area contributed by atoms with Gasteiger partial charge in [-0.25, -0.2) is 0 Å². The second kappa shape index (κ2) is 7.09. The summed E-state index contributed by atoms with van der Waals surface area (Å²) in [5.41, 5.74) is 5.30. The average Bonchev–Trinajstić information content (AvgIpc) is 2.57. The van der Waals surface area contributed by atoms with E-state index in [2.05, 4.69) is 32.0 Å². The number of carboxylic acid groups (broad SMARTS) is 1. The number of fused-ring (bicyclic) bond motifs is 1. The number of aryl methyl sites for hydroxylation is 3. The van der Waals surface area contributed by atoms with Crippen molar-refractivity contribution in [3.05, 3.63) is 70.3 Å². The number of benzene rings is 2. The number of carboxylic acids is 1. The second-order valence-electron chi connectivity index (χ2n) is 6.86. The summed E-state index contributed by atoms with van der Waals surface area (Å²) in [5, 5.41) is 9.52. The minimum atomic E-state index is -0.876. The molecule has 130 valence electrons. The third-order valence-corrected chi connectivity index (χ3v) is 4.75. The fourth-order valence-electron chi connectivity index (χ4n) is 3.63. The van der Waals surface area contributed by atoms with Crippen LogP contribution in [0.1, 0.15) is 40.2 Å². The quantitative estimate of drug-likeness (QED) is 0.930. The van der Waals surface area contributed by atoms with Gasteiger partial charge in [0.25, 0.3) is 0 Å². The zero-order valence-corrected chi connectivity index (χ0v) is 14.7. The van der Waals surface area contributed by atoms with Crippen LogP contribution in [0.4, 0.5) is 0 Å². The van der Waals surface area contributed by atoms with Gasteiger partial charge in [0.15, 0.2) is 0 Å². The van der Waals surface area contributed by atoms with Crippen LogP contribution in [-0.2, 0) is 22.6 Å². The third-order valence-electron chi connectivity index (χ3n) is 4.75. The van der Waals surface area contributed by atoms with Crippen molar-refractivity contribution in [2.75, 3.05) is 6.54 Å². The van der Waals surface area contributed by atoms with Crippen LogP contribution in [0, 0.1) is 13.8 Å². The first-order chi connectivity index (χ1) is 11.9. The van der Waals surface area contributed by atoms with E-state index in [1.807, 2.05) is 24.3 Å². The number of hydrogen-bond acceptors (Lipinski definition) is 2. The summed E-state index contributed by atoms with van der Waals surface area (Å²) in [6.45, 7) is 4.85. The summed E-state index contributed by atoms with van der Waals surface area (Å²) in [6, 6.07) is 13.8. The van der Waals surface area contributed by atoms with E-state index in [-0.39, 0.29) is 12.5 Å². The van der Waals surface area contributed by atoms with Crippen LogP contribution in [0.3, 0.4) is 0 Å². The molecule has 2 aromatic carbocycles. The molecule has 0 saturated carbocycles. The summed E-state index contributed by atoms with van der Waals surface area (Å²) in [4.78, 5) is 25.9. The van der Waals surface area contributed by atoms with E-state index < -0.39 is 11.9 Å². The van der Waals surface area contributed by atoms with E-state index in [4.69, 9.17) is 0 Å². The van der Waals surface area contributed by atoms with Crippen LogP contribution in [0.5, 0.6) is 0 Å². The van der Waals surface area contributed by atoms with E-state index in [0.29, 0.717) is 19.4 Å². The van der Waals surface area contributed by atoms with Crippen LogP contribution in [-0.4, -0.2) is 28.4 Å². The molecule has 3 rings (SSSR count). The first-order valence-corrected chi connectivity index (χ1v) is 8.59. The van der Waals surface area contributed by atoms with E-state index in [1.54, 1.807) is 4.90 Å². The summed E-state index contributed by atoms with van der Waals surface area (Å²) in [6.07, 6.45) is 1.08. The standard InChI is InChI=1S/C21H23NO3/c1-14-9-15(2)11-16(10-14)7-8-20(23)22-12-17-5-3-4-6-18(17)19(13-22)21(24)25/h3-6,9-11,19H,7-8,12-13H2,1-2H3,(H,24,25). The molecule has 1 amide bonds. The lowest BCUT2D eigenvalue weighted by molar-refractivity contribution is -0.141. The molecule has 0 fully saturated rings. The lowest BCUT2D eigenvalue weighted by Gasteiger charge is -2.33. The number of amides is 1. The molecule has 0 saturated heterocycles. The lowest BCUT2D eigenvalue weighted by atomic mass is 9.89. The van der Waals surface area contributed by atoms with Crippen LogP contribution >= 0.6 is 0 Å². The number of nitrogens with zero attached hydrogens (tertiary/aromatic N) is 1. The second-order valence-corrected chi connectivity index (χ2v) is 6.86. The molecule has 2 aromatic rings. The van der Waals surface area contributed by atoms with Crippen LogP contribution in [0.15, 0.2) is 42.5 Å². The van der Waals surface area contributed by atoms with E-state index in [9.17, 15) is 14.7 Å². The maximum atomic E-state index is 12.7.